The van der Waals surface area contributed by atoms with Crippen molar-refractivity contribution < 1.29 is 23.9 Å². The fraction of sp³-hybridized carbons (Fsp3) is 0.394. The summed E-state index contributed by atoms with van der Waals surface area (Å²) < 4.78 is 10.3. The Balaban J connectivity index is 2.07. The molecule has 0 saturated heterocycles. The van der Waals surface area contributed by atoms with Gasteiger partial charge in [-0.15, -0.1) is 0 Å². The molecule has 1 aromatic heterocycles. The lowest BCUT2D eigenvalue weighted by Gasteiger charge is -2.23. The molecule has 2 aromatic carbocycles. The van der Waals surface area contributed by atoms with Crippen molar-refractivity contribution in [2.24, 2.45) is 5.92 Å². The Bertz CT molecular complexity index is 1410. The Morgan fingerprint density at radius 3 is 2.27 bits per heavy atom. The average molecular weight is 560 g/mol. The quantitative estimate of drug-likeness (QED) is 0.288. The van der Waals surface area contributed by atoms with Crippen LogP contribution in [0.4, 0.5) is 10.5 Å². The summed E-state index contributed by atoms with van der Waals surface area (Å²) in [5, 5.41) is 5.81. The average Bonchev–Trinajstić information content (AvgIpc) is 2.88. The molecule has 2 N–H and O–H groups in total. The number of rotatable bonds is 9. The molecule has 3 aromatic rings. The number of methoxy groups -OCH3 is 1. The first-order chi connectivity index (χ1) is 19.3. The van der Waals surface area contributed by atoms with E-state index in [0.29, 0.717) is 23.6 Å². The summed E-state index contributed by atoms with van der Waals surface area (Å²) in [7, 11) is 1.31. The van der Waals surface area contributed by atoms with Crippen LogP contribution in [-0.4, -0.2) is 35.7 Å². The number of nitrogens with one attached hydrogen (secondary N) is 2. The van der Waals surface area contributed by atoms with E-state index >= 15 is 0 Å². The fourth-order valence-corrected chi connectivity index (χ4v) is 4.56. The number of anilines is 1. The first-order valence-electron chi connectivity index (χ1n) is 13.8. The van der Waals surface area contributed by atoms with Gasteiger partial charge in [0.1, 0.15) is 5.60 Å². The number of alkyl carbamates (subject to hydrolysis) is 1. The molecule has 3 rings (SSSR count). The summed E-state index contributed by atoms with van der Waals surface area (Å²) in [5.74, 6) is -0.414. The highest BCUT2D eigenvalue weighted by molar-refractivity contribution is 5.96. The van der Waals surface area contributed by atoms with E-state index in [2.05, 4.69) is 24.5 Å². The summed E-state index contributed by atoms with van der Waals surface area (Å²) in [5.41, 5.74) is 6.37. The van der Waals surface area contributed by atoms with Gasteiger partial charge in [-0.25, -0.2) is 9.59 Å². The van der Waals surface area contributed by atoms with E-state index in [9.17, 15) is 14.4 Å². The molecule has 0 unspecified atom stereocenters. The van der Waals surface area contributed by atoms with Crippen LogP contribution in [-0.2, 0) is 33.7 Å². The summed E-state index contributed by atoms with van der Waals surface area (Å²) in [6.45, 7) is 13.8. The van der Waals surface area contributed by atoms with Crippen LogP contribution >= 0.6 is 0 Å². The van der Waals surface area contributed by atoms with E-state index in [1.807, 2.05) is 58.9 Å². The highest BCUT2D eigenvalue weighted by Gasteiger charge is 2.23. The first-order valence-corrected chi connectivity index (χ1v) is 13.8. The van der Waals surface area contributed by atoms with Gasteiger partial charge in [0.05, 0.1) is 19.1 Å². The minimum absolute atomic E-state index is 0.0475. The molecule has 8 nitrogen and oxygen atoms in total. The van der Waals surface area contributed by atoms with E-state index in [1.54, 1.807) is 24.3 Å². The molecule has 0 aliphatic carbocycles. The maximum atomic E-state index is 13.4. The van der Waals surface area contributed by atoms with Crippen LogP contribution in [0.15, 0.2) is 48.5 Å². The third kappa shape index (κ3) is 8.90. The Labute approximate surface area is 242 Å². The number of pyridine rings is 1. The number of benzene rings is 2. The minimum atomic E-state index is -0.634. The van der Waals surface area contributed by atoms with Gasteiger partial charge in [0.15, 0.2) is 0 Å². The van der Waals surface area contributed by atoms with Gasteiger partial charge < -0.3 is 20.1 Å². The zero-order valence-corrected chi connectivity index (χ0v) is 25.3. The third-order valence-corrected chi connectivity index (χ3v) is 6.35. The molecule has 218 valence electrons. The van der Waals surface area contributed by atoms with Gasteiger partial charge in [-0.05, 0) is 81.8 Å². The number of hydrogen-bond donors (Lipinski definition) is 2. The summed E-state index contributed by atoms with van der Waals surface area (Å²) >= 11 is 0. The van der Waals surface area contributed by atoms with Crippen LogP contribution in [0.1, 0.15) is 73.1 Å². The molecular formula is C33H41N3O5. The fourth-order valence-electron chi connectivity index (χ4n) is 4.56. The largest absolute Gasteiger partial charge is 0.465 e. The Morgan fingerprint density at radius 1 is 0.976 bits per heavy atom. The van der Waals surface area contributed by atoms with Crippen LogP contribution in [0.5, 0.6) is 0 Å². The predicted octanol–water partition coefficient (Wildman–Crippen LogP) is 6.56. The number of aromatic nitrogens is 1. The number of amides is 2. The standard InChI is InChI=1S/C33H41N3O5/c1-20(2)16-28-27(19-34-32(39)41-33(5,6)7)30(23-14-12-21(3)13-15-23)26(22(4)35-28)18-29(37)36-25-11-9-10-24(17-25)31(38)40-8/h9-15,17,20H,16,18-19H2,1-8H3,(H,34,39)(H,36,37). The topological polar surface area (TPSA) is 107 Å². The number of esters is 1. The van der Waals surface area contributed by atoms with Crippen LogP contribution in [0.3, 0.4) is 0 Å². The van der Waals surface area contributed by atoms with Gasteiger partial charge in [0.2, 0.25) is 5.91 Å². The smallest absolute Gasteiger partial charge is 0.407 e. The number of carbonyl (C=O) groups excluding carboxylic acids is 3. The Hall–Kier alpha value is -4.20. The lowest BCUT2D eigenvalue weighted by Crippen LogP contribution is -2.32. The molecule has 0 aliphatic heterocycles. The Kier molecular flexibility index (Phi) is 10.3. The molecular weight excluding hydrogens is 518 g/mol. The second-order valence-electron chi connectivity index (χ2n) is 11.6. The van der Waals surface area contributed by atoms with Crippen LogP contribution in [0.25, 0.3) is 11.1 Å². The van der Waals surface area contributed by atoms with Gasteiger partial charge in [0, 0.05) is 29.2 Å². The van der Waals surface area contributed by atoms with Crippen molar-refractivity contribution in [1.82, 2.24) is 10.3 Å². The number of ether oxygens (including phenoxy) is 2. The zero-order chi connectivity index (χ0) is 30.3. The molecule has 0 atom stereocenters. The highest BCUT2D eigenvalue weighted by atomic mass is 16.6. The van der Waals surface area contributed by atoms with Crippen LogP contribution in [0, 0.1) is 19.8 Å². The molecule has 1 heterocycles. The molecule has 0 radical (unpaired) electrons. The molecule has 0 bridgehead atoms. The summed E-state index contributed by atoms with van der Waals surface area (Å²) in [6, 6.07) is 14.7. The molecule has 0 saturated carbocycles. The Morgan fingerprint density at radius 2 is 1.66 bits per heavy atom. The predicted molar refractivity (Wildman–Crippen MR) is 161 cm³/mol. The second kappa shape index (κ2) is 13.4. The van der Waals surface area contributed by atoms with Gasteiger partial charge in [-0.1, -0.05) is 49.7 Å². The summed E-state index contributed by atoms with van der Waals surface area (Å²) in [4.78, 5) is 42.9. The minimum Gasteiger partial charge on any atom is -0.465 e. The van der Waals surface area contributed by atoms with Crippen molar-refractivity contribution in [2.75, 3.05) is 12.4 Å². The number of carbonyl (C=O) groups is 3. The maximum absolute atomic E-state index is 13.4. The van der Waals surface area contributed by atoms with Crippen molar-refractivity contribution in [3.63, 3.8) is 0 Å². The SMILES string of the molecule is COC(=O)c1cccc(NC(=O)Cc2c(C)nc(CC(C)C)c(CNC(=O)OC(C)(C)C)c2-c2ccc(C)cc2)c1. The molecule has 2 amide bonds. The maximum Gasteiger partial charge on any atom is 0.407 e. The van der Waals surface area contributed by atoms with Crippen molar-refractivity contribution in [3.8, 4) is 11.1 Å². The molecule has 0 spiro atoms. The number of hydrogen-bond acceptors (Lipinski definition) is 6. The molecule has 41 heavy (non-hydrogen) atoms. The second-order valence-corrected chi connectivity index (χ2v) is 11.6. The van der Waals surface area contributed by atoms with E-state index in [1.165, 1.54) is 7.11 Å². The zero-order valence-electron chi connectivity index (χ0n) is 25.3. The highest BCUT2D eigenvalue weighted by Crippen LogP contribution is 2.33. The summed E-state index contributed by atoms with van der Waals surface area (Å²) in [6.07, 6.45) is 0.234. The number of nitrogens with zero attached hydrogens (tertiary/aromatic N) is 1. The van der Waals surface area contributed by atoms with Crippen molar-refractivity contribution >= 4 is 23.7 Å². The normalized spacial score (nSPS) is 11.2. The van der Waals surface area contributed by atoms with Crippen LogP contribution < -0.4 is 10.6 Å². The number of aryl methyl sites for hydroxylation is 2. The van der Waals surface area contributed by atoms with Gasteiger partial charge >= 0.3 is 12.1 Å². The van der Waals surface area contributed by atoms with E-state index in [-0.39, 0.29) is 18.9 Å². The van der Waals surface area contributed by atoms with E-state index in [0.717, 1.165) is 39.2 Å². The van der Waals surface area contributed by atoms with Crippen molar-refractivity contribution in [3.05, 3.63) is 82.2 Å². The van der Waals surface area contributed by atoms with Gasteiger partial charge in [0.25, 0.3) is 0 Å². The lowest BCUT2D eigenvalue weighted by atomic mass is 9.88. The van der Waals surface area contributed by atoms with E-state index in [4.69, 9.17) is 14.5 Å². The molecule has 0 fully saturated rings. The van der Waals surface area contributed by atoms with Crippen molar-refractivity contribution in [1.29, 1.82) is 0 Å². The molecule has 8 heteroatoms. The lowest BCUT2D eigenvalue weighted by molar-refractivity contribution is -0.115. The van der Waals surface area contributed by atoms with Crippen LogP contribution in [0.2, 0.25) is 0 Å². The third-order valence-electron chi connectivity index (χ3n) is 6.35. The monoisotopic (exact) mass is 559 g/mol. The van der Waals surface area contributed by atoms with Crippen molar-refractivity contribution in [2.45, 2.75) is 73.5 Å². The first kappa shape index (κ1) is 31.3. The molecule has 0 aliphatic rings. The van der Waals surface area contributed by atoms with E-state index < -0.39 is 17.7 Å². The van der Waals surface area contributed by atoms with Gasteiger partial charge in [-0.2, -0.15) is 0 Å². The van der Waals surface area contributed by atoms with Gasteiger partial charge in [-0.3, -0.25) is 9.78 Å².